The van der Waals surface area contributed by atoms with Crippen molar-refractivity contribution in [2.24, 2.45) is 5.16 Å². The van der Waals surface area contributed by atoms with Crippen molar-refractivity contribution in [2.45, 2.75) is 19.4 Å². The van der Waals surface area contributed by atoms with Crippen molar-refractivity contribution in [3.63, 3.8) is 0 Å². The number of fused-ring (bicyclic) bond motifs is 1. The van der Waals surface area contributed by atoms with Crippen molar-refractivity contribution in [3.8, 4) is 11.5 Å². The van der Waals surface area contributed by atoms with Gasteiger partial charge in [0.25, 0.3) is 0 Å². The number of nitrogens with zero attached hydrogens (tertiary/aromatic N) is 1. The number of carbonyl (C=O) groups excluding carboxylic acids is 1. The van der Waals surface area contributed by atoms with Crippen LogP contribution in [0.25, 0.3) is 0 Å². The third-order valence-electron chi connectivity index (χ3n) is 3.61. The molecule has 2 aromatic carbocycles. The molecule has 0 aliphatic carbocycles. The molecule has 0 fully saturated rings. The molecular weight excluding hydrogens is 330 g/mol. The number of ether oxygens (including phenoxy) is 2. The number of methoxy groups -OCH3 is 1. The van der Waals surface area contributed by atoms with Crippen molar-refractivity contribution in [3.05, 3.63) is 58.6 Å². The Morgan fingerprint density at radius 3 is 2.88 bits per heavy atom. The number of halogens is 1. The minimum atomic E-state index is -0.556. The van der Waals surface area contributed by atoms with Crippen LogP contribution in [-0.4, -0.2) is 24.9 Å². The summed E-state index contributed by atoms with van der Waals surface area (Å²) in [6, 6.07) is 12.0. The second-order valence-electron chi connectivity index (χ2n) is 5.42. The van der Waals surface area contributed by atoms with Crippen LogP contribution in [0.15, 0.2) is 47.6 Å². The SMILES string of the molecule is COc1ccc2c(c1)OC(C)C/C2=N/OC(=O)c1cccc(Cl)c1. The predicted molar refractivity (Wildman–Crippen MR) is 91.1 cm³/mol. The number of hydrogen-bond acceptors (Lipinski definition) is 5. The van der Waals surface area contributed by atoms with Crippen molar-refractivity contribution < 1.29 is 19.1 Å². The average Bonchev–Trinajstić information content (AvgIpc) is 2.58. The van der Waals surface area contributed by atoms with E-state index in [0.717, 1.165) is 5.56 Å². The van der Waals surface area contributed by atoms with Gasteiger partial charge in [0, 0.05) is 23.1 Å². The molecule has 3 rings (SSSR count). The number of rotatable bonds is 3. The first kappa shape index (κ1) is 16.3. The first-order valence-corrected chi connectivity index (χ1v) is 7.83. The number of carbonyl (C=O) groups is 1. The zero-order valence-corrected chi connectivity index (χ0v) is 14.0. The molecule has 1 heterocycles. The summed E-state index contributed by atoms with van der Waals surface area (Å²) in [6.45, 7) is 1.93. The normalized spacial score (nSPS) is 17.8. The lowest BCUT2D eigenvalue weighted by atomic mass is 10.0. The fourth-order valence-electron chi connectivity index (χ4n) is 2.46. The fourth-order valence-corrected chi connectivity index (χ4v) is 2.65. The smallest absolute Gasteiger partial charge is 0.365 e. The molecule has 0 amide bonds. The van der Waals surface area contributed by atoms with Crippen molar-refractivity contribution in [2.75, 3.05) is 7.11 Å². The molecule has 1 atom stereocenters. The second-order valence-corrected chi connectivity index (χ2v) is 5.86. The largest absolute Gasteiger partial charge is 0.497 e. The van der Waals surface area contributed by atoms with Crippen molar-refractivity contribution in [1.29, 1.82) is 0 Å². The van der Waals surface area contributed by atoms with Crippen LogP contribution >= 0.6 is 11.6 Å². The summed E-state index contributed by atoms with van der Waals surface area (Å²) < 4.78 is 11.0. The van der Waals surface area contributed by atoms with E-state index >= 15 is 0 Å². The lowest BCUT2D eigenvalue weighted by molar-refractivity contribution is 0.0513. The summed E-state index contributed by atoms with van der Waals surface area (Å²) in [5.74, 6) is 0.794. The maximum absolute atomic E-state index is 12.1. The van der Waals surface area contributed by atoms with E-state index in [1.165, 1.54) is 6.07 Å². The van der Waals surface area contributed by atoms with E-state index in [4.69, 9.17) is 25.9 Å². The molecule has 0 bridgehead atoms. The quantitative estimate of drug-likeness (QED) is 0.621. The minimum absolute atomic E-state index is 0.0757. The maximum Gasteiger partial charge on any atom is 0.365 e. The average molecular weight is 346 g/mol. The molecule has 0 N–H and O–H groups in total. The predicted octanol–water partition coefficient (Wildman–Crippen LogP) is 4.08. The molecule has 0 aromatic heterocycles. The van der Waals surface area contributed by atoms with Gasteiger partial charge < -0.3 is 14.3 Å². The van der Waals surface area contributed by atoms with Crippen molar-refractivity contribution >= 4 is 23.3 Å². The fraction of sp³-hybridized carbons (Fsp3) is 0.222. The monoisotopic (exact) mass is 345 g/mol. The van der Waals surface area contributed by atoms with Crippen LogP contribution in [0.5, 0.6) is 11.5 Å². The van der Waals surface area contributed by atoms with Gasteiger partial charge in [0.2, 0.25) is 0 Å². The van der Waals surface area contributed by atoms with Gasteiger partial charge in [-0.3, -0.25) is 0 Å². The highest BCUT2D eigenvalue weighted by Crippen LogP contribution is 2.31. The number of benzene rings is 2. The van der Waals surface area contributed by atoms with Crippen LogP contribution in [0.1, 0.15) is 29.3 Å². The zero-order chi connectivity index (χ0) is 17.1. The van der Waals surface area contributed by atoms with Crippen LogP contribution < -0.4 is 9.47 Å². The van der Waals surface area contributed by atoms with E-state index in [2.05, 4.69) is 5.16 Å². The van der Waals surface area contributed by atoms with E-state index in [0.29, 0.717) is 34.2 Å². The molecular formula is C18H16ClNO4. The topological polar surface area (TPSA) is 57.1 Å². The van der Waals surface area contributed by atoms with Gasteiger partial charge in [-0.1, -0.05) is 22.8 Å². The molecule has 1 unspecified atom stereocenters. The molecule has 0 spiro atoms. The van der Waals surface area contributed by atoms with E-state index in [1.54, 1.807) is 31.4 Å². The summed E-state index contributed by atoms with van der Waals surface area (Å²) in [7, 11) is 1.59. The molecule has 0 saturated carbocycles. The second kappa shape index (κ2) is 6.93. The van der Waals surface area contributed by atoms with E-state index in [9.17, 15) is 4.79 Å². The Morgan fingerprint density at radius 2 is 2.12 bits per heavy atom. The maximum atomic E-state index is 12.1. The number of hydrogen-bond donors (Lipinski definition) is 0. The molecule has 6 heteroatoms. The van der Waals surface area contributed by atoms with Crippen LogP contribution in [0.3, 0.4) is 0 Å². The van der Waals surface area contributed by atoms with Gasteiger partial charge in [-0.25, -0.2) is 4.79 Å². The zero-order valence-electron chi connectivity index (χ0n) is 13.3. The first-order valence-electron chi connectivity index (χ1n) is 7.45. The van der Waals surface area contributed by atoms with Gasteiger partial charge in [0.1, 0.15) is 17.6 Å². The Hall–Kier alpha value is -2.53. The summed E-state index contributed by atoms with van der Waals surface area (Å²) >= 11 is 5.88. The van der Waals surface area contributed by atoms with E-state index < -0.39 is 5.97 Å². The van der Waals surface area contributed by atoms with Crippen molar-refractivity contribution in [1.82, 2.24) is 0 Å². The lowest BCUT2D eigenvalue weighted by Gasteiger charge is -2.24. The van der Waals surface area contributed by atoms with Crippen LogP contribution in [-0.2, 0) is 4.84 Å². The van der Waals surface area contributed by atoms with Crippen LogP contribution in [0.2, 0.25) is 5.02 Å². The molecule has 0 saturated heterocycles. The molecule has 24 heavy (non-hydrogen) atoms. The summed E-state index contributed by atoms with van der Waals surface area (Å²) in [5.41, 5.74) is 1.79. The Bertz CT molecular complexity index is 803. The molecule has 124 valence electrons. The highest BCUT2D eigenvalue weighted by molar-refractivity contribution is 6.30. The van der Waals surface area contributed by atoms with Gasteiger partial charge in [-0.15, -0.1) is 0 Å². The third-order valence-corrected chi connectivity index (χ3v) is 3.84. The minimum Gasteiger partial charge on any atom is -0.497 e. The highest BCUT2D eigenvalue weighted by atomic mass is 35.5. The first-order chi connectivity index (χ1) is 11.6. The van der Waals surface area contributed by atoms with Gasteiger partial charge in [0.15, 0.2) is 0 Å². The highest BCUT2D eigenvalue weighted by Gasteiger charge is 2.23. The summed E-state index contributed by atoms with van der Waals surface area (Å²) in [4.78, 5) is 17.2. The van der Waals surface area contributed by atoms with Gasteiger partial charge in [-0.2, -0.15) is 0 Å². The molecule has 2 aromatic rings. The third kappa shape index (κ3) is 3.51. The van der Waals surface area contributed by atoms with E-state index in [1.807, 2.05) is 19.1 Å². The summed E-state index contributed by atoms with van der Waals surface area (Å²) in [6.07, 6.45) is 0.468. The van der Waals surface area contributed by atoms with Crippen LogP contribution in [0.4, 0.5) is 0 Å². The standard InChI is InChI=1S/C18H16ClNO4/c1-11-8-16(15-7-6-14(22-2)10-17(15)23-11)20-24-18(21)12-4-3-5-13(19)9-12/h3-7,9-11H,8H2,1-2H3/b20-16-. The Kier molecular flexibility index (Phi) is 4.71. The Balaban J connectivity index is 1.84. The van der Waals surface area contributed by atoms with Crippen LogP contribution in [0, 0.1) is 0 Å². The molecule has 5 nitrogen and oxygen atoms in total. The summed E-state index contributed by atoms with van der Waals surface area (Å²) in [5, 5.41) is 4.51. The Labute approximate surface area is 144 Å². The van der Waals surface area contributed by atoms with Gasteiger partial charge >= 0.3 is 5.97 Å². The molecule has 1 aliphatic rings. The van der Waals surface area contributed by atoms with Gasteiger partial charge in [-0.05, 0) is 37.3 Å². The molecule has 0 radical (unpaired) electrons. The van der Waals surface area contributed by atoms with Gasteiger partial charge in [0.05, 0.1) is 18.4 Å². The lowest BCUT2D eigenvalue weighted by Crippen LogP contribution is -2.25. The number of oxime groups is 1. The van der Waals surface area contributed by atoms with E-state index in [-0.39, 0.29) is 6.10 Å². The Morgan fingerprint density at radius 1 is 1.29 bits per heavy atom. The molecule has 1 aliphatic heterocycles.